The number of hydrogen-bond donors (Lipinski definition) is 0. The van der Waals surface area contributed by atoms with Crippen molar-refractivity contribution in [2.24, 2.45) is 5.92 Å². The van der Waals surface area contributed by atoms with Gasteiger partial charge in [0.2, 0.25) is 0 Å². The molecular weight excluding hydrogens is 190 g/mol. The average Bonchev–Trinajstić information content (AvgIpc) is 2.81. The van der Waals surface area contributed by atoms with Crippen LogP contribution in [0.4, 0.5) is 0 Å². The topological polar surface area (TPSA) is 39.2 Å². The van der Waals surface area contributed by atoms with Crippen LogP contribution in [0.15, 0.2) is 24.4 Å². The average molecular weight is 205 g/mol. The Morgan fingerprint density at radius 3 is 3.13 bits per heavy atom. The van der Waals surface area contributed by atoms with Crippen molar-refractivity contribution in [3.8, 4) is 0 Å². The van der Waals surface area contributed by atoms with E-state index in [0.717, 1.165) is 25.1 Å². The maximum absolute atomic E-state index is 11.7. The van der Waals surface area contributed by atoms with Crippen LogP contribution in [0.2, 0.25) is 0 Å². The molecular formula is C12H15NO2. The summed E-state index contributed by atoms with van der Waals surface area (Å²) >= 11 is 0. The lowest BCUT2D eigenvalue weighted by Crippen LogP contribution is -2.15. The fourth-order valence-corrected chi connectivity index (χ4v) is 1.79. The summed E-state index contributed by atoms with van der Waals surface area (Å²) in [5.41, 5.74) is 0.991. The Labute approximate surface area is 89.5 Å². The third-order valence-electron chi connectivity index (χ3n) is 2.74. The number of rotatable bonds is 4. The van der Waals surface area contributed by atoms with Gasteiger partial charge in [-0.3, -0.25) is 9.78 Å². The highest BCUT2D eigenvalue weighted by Gasteiger charge is 2.22. The quantitative estimate of drug-likeness (QED) is 0.749. The predicted molar refractivity (Wildman–Crippen MR) is 56.5 cm³/mol. The van der Waals surface area contributed by atoms with Gasteiger partial charge >= 0.3 is 0 Å². The SMILES string of the molecule is O=C(CCc1ccccn1)C1CCOC1. The Morgan fingerprint density at radius 2 is 2.47 bits per heavy atom. The Kier molecular flexibility index (Phi) is 3.45. The number of hydrogen-bond acceptors (Lipinski definition) is 3. The normalized spacial score (nSPS) is 20.4. The van der Waals surface area contributed by atoms with Crippen molar-refractivity contribution < 1.29 is 9.53 Å². The molecule has 3 heteroatoms. The summed E-state index contributed by atoms with van der Waals surface area (Å²) in [5.74, 6) is 0.451. The van der Waals surface area contributed by atoms with Crippen molar-refractivity contribution >= 4 is 5.78 Å². The number of ketones is 1. The summed E-state index contributed by atoms with van der Waals surface area (Å²) in [5, 5.41) is 0. The highest BCUT2D eigenvalue weighted by atomic mass is 16.5. The molecule has 1 aliphatic heterocycles. The fraction of sp³-hybridized carbons (Fsp3) is 0.500. The highest BCUT2D eigenvalue weighted by Crippen LogP contribution is 2.15. The molecule has 0 N–H and O–H groups in total. The standard InChI is InChI=1S/C12H15NO2/c14-12(10-6-8-15-9-10)5-4-11-3-1-2-7-13-11/h1-3,7,10H,4-6,8-9H2. The van der Waals surface area contributed by atoms with Crippen molar-refractivity contribution in [3.63, 3.8) is 0 Å². The van der Waals surface area contributed by atoms with Gasteiger partial charge in [-0.05, 0) is 25.0 Å². The molecule has 1 aromatic heterocycles. The maximum atomic E-state index is 11.7. The highest BCUT2D eigenvalue weighted by molar-refractivity contribution is 5.81. The van der Waals surface area contributed by atoms with Crippen LogP contribution < -0.4 is 0 Å². The van der Waals surface area contributed by atoms with Crippen LogP contribution in [0, 0.1) is 5.92 Å². The van der Waals surface area contributed by atoms with E-state index in [1.165, 1.54) is 0 Å². The summed E-state index contributed by atoms with van der Waals surface area (Å²) < 4.78 is 5.19. The number of aromatic nitrogens is 1. The van der Waals surface area contributed by atoms with Gasteiger partial charge in [0.25, 0.3) is 0 Å². The van der Waals surface area contributed by atoms with E-state index in [1.807, 2.05) is 18.2 Å². The molecule has 15 heavy (non-hydrogen) atoms. The van der Waals surface area contributed by atoms with Gasteiger partial charge in [-0.1, -0.05) is 6.07 Å². The molecule has 1 aromatic rings. The van der Waals surface area contributed by atoms with Crippen LogP contribution in [0.1, 0.15) is 18.5 Å². The van der Waals surface area contributed by atoms with Crippen LogP contribution in [0.5, 0.6) is 0 Å². The zero-order valence-corrected chi connectivity index (χ0v) is 8.69. The molecule has 2 rings (SSSR count). The summed E-state index contributed by atoms with van der Waals surface area (Å²) in [6.07, 6.45) is 3.99. The van der Waals surface area contributed by atoms with E-state index in [1.54, 1.807) is 6.20 Å². The van der Waals surface area contributed by atoms with E-state index >= 15 is 0 Å². The summed E-state index contributed by atoms with van der Waals surface area (Å²) in [7, 11) is 0. The Bertz CT molecular complexity index is 318. The molecule has 80 valence electrons. The fourth-order valence-electron chi connectivity index (χ4n) is 1.79. The van der Waals surface area contributed by atoms with Crippen molar-refractivity contribution in [2.45, 2.75) is 19.3 Å². The number of nitrogens with zero attached hydrogens (tertiary/aromatic N) is 1. The molecule has 2 heterocycles. The zero-order valence-electron chi connectivity index (χ0n) is 8.69. The minimum atomic E-state index is 0.133. The summed E-state index contributed by atoms with van der Waals surface area (Å²) in [6, 6.07) is 5.79. The van der Waals surface area contributed by atoms with E-state index in [0.29, 0.717) is 18.8 Å². The third-order valence-corrected chi connectivity index (χ3v) is 2.74. The van der Waals surface area contributed by atoms with Crippen LogP contribution in [0.25, 0.3) is 0 Å². The number of carbonyl (C=O) groups excluding carboxylic acids is 1. The first-order valence-corrected chi connectivity index (χ1v) is 5.36. The number of pyridine rings is 1. The molecule has 0 aliphatic carbocycles. The predicted octanol–water partition coefficient (Wildman–Crippen LogP) is 1.62. The second-order valence-electron chi connectivity index (χ2n) is 3.85. The van der Waals surface area contributed by atoms with E-state index in [4.69, 9.17) is 4.74 Å². The lowest BCUT2D eigenvalue weighted by atomic mass is 9.99. The van der Waals surface area contributed by atoms with Gasteiger partial charge in [-0.15, -0.1) is 0 Å². The van der Waals surface area contributed by atoms with E-state index in [-0.39, 0.29) is 5.92 Å². The molecule has 0 saturated carbocycles. The lowest BCUT2D eigenvalue weighted by Gasteiger charge is -2.05. The minimum absolute atomic E-state index is 0.133. The molecule has 1 unspecified atom stereocenters. The number of ether oxygens (including phenoxy) is 1. The number of Topliss-reactive ketones (excluding diaryl/α,β-unsaturated/α-hetero) is 1. The molecule has 1 atom stereocenters. The van der Waals surface area contributed by atoms with Crippen molar-refractivity contribution in [3.05, 3.63) is 30.1 Å². The van der Waals surface area contributed by atoms with Gasteiger partial charge in [-0.25, -0.2) is 0 Å². The van der Waals surface area contributed by atoms with Gasteiger partial charge in [0.05, 0.1) is 6.61 Å². The van der Waals surface area contributed by atoms with Gasteiger partial charge < -0.3 is 4.74 Å². The largest absolute Gasteiger partial charge is 0.381 e. The summed E-state index contributed by atoms with van der Waals surface area (Å²) in [4.78, 5) is 15.9. The third kappa shape index (κ3) is 2.86. The molecule has 3 nitrogen and oxygen atoms in total. The first-order valence-electron chi connectivity index (χ1n) is 5.36. The number of carbonyl (C=O) groups is 1. The van der Waals surface area contributed by atoms with Gasteiger partial charge in [0.1, 0.15) is 5.78 Å². The van der Waals surface area contributed by atoms with Gasteiger partial charge in [0.15, 0.2) is 0 Å². The lowest BCUT2D eigenvalue weighted by molar-refractivity contribution is -0.122. The molecule has 0 aromatic carbocycles. The molecule has 1 aliphatic rings. The second-order valence-corrected chi connectivity index (χ2v) is 3.85. The van der Waals surface area contributed by atoms with Gasteiger partial charge in [-0.2, -0.15) is 0 Å². The molecule has 0 amide bonds. The molecule has 1 saturated heterocycles. The maximum Gasteiger partial charge on any atom is 0.138 e. The van der Waals surface area contributed by atoms with E-state index in [9.17, 15) is 4.79 Å². The minimum Gasteiger partial charge on any atom is -0.381 e. The summed E-state index contributed by atoms with van der Waals surface area (Å²) in [6.45, 7) is 1.35. The van der Waals surface area contributed by atoms with Crippen LogP contribution in [0.3, 0.4) is 0 Å². The van der Waals surface area contributed by atoms with Crippen molar-refractivity contribution in [1.82, 2.24) is 4.98 Å². The van der Waals surface area contributed by atoms with E-state index in [2.05, 4.69) is 4.98 Å². The first-order chi connectivity index (χ1) is 7.36. The van der Waals surface area contributed by atoms with Crippen molar-refractivity contribution in [1.29, 1.82) is 0 Å². The molecule has 1 fully saturated rings. The molecule has 0 radical (unpaired) electrons. The van der Waals surface area contributed by atoms with Gasteiger partial charge in [0, 0.05) is 30.8 Å². The Balaban J connectivity index is 1.80. The van der Waals surface area contributed by atoms with E-state index < -0.39 is 0 Å². The van der Waals surface area contributed by atoms with Crippen molar-refractivity contribution in [2.75, 3.05) is 13.2 Å². The second kappa shape index (κ2) is 5.03. The number of aryl methyl sites for hydroxylation is 1. The van der Waals surface area contributed by atoms with Crippen LogP contribution in [-0.2, 0) is 16.0 Å². The Morgan fingerprint density at radius 1 is 1.53 bits per heavy atom. The van der Waals surface area contributed by atoms with Crippen LogP contribution in [-0.4, -0.2) is 24.0 Å². The smallest absolute Gasteiger partial charge is 0.138 e. The first kappa shape index (κ1) is 10.3. The Hall–Kier alpha value is -1.22. The molecule has 0 bridgehead atoms. The van der Waals surface area contributed by atoms with Crippen LogP contribution >= 0.6 is 0 Å². The monoisotopic (exact) mass is 205 g/mol. The zero-order chi connectivity index (χ0) is 10.5. The molecule has 0 spiro atoms.